The molecule has 140 valence electrons. The number of methoxy groups -OCH3 is 1. The lowest BCUT2D eigenvalue weighted by molar-refractivity contribution is 0.0822. The van der Waals surface area contributed by atoms with Gasteiger partial charge in [0.05, 0.1) is 7.11 Å². The Labute approximate surface area is 159 Å². The molecular formula is C22H24N2O3. The topological polar surface area (TPSA) is 51.7 Å². The van der Waals surface area contributed by atoms with Gasteiger partial charge in [-0.2, -0.15) is 0 Å². The van der Waals surface area contributed by atoms with Crippen molar-refractivity contribution < 1.29 is 14.3 Å². The first-order valence-corrected chi connectivity index (χ1v) is 9.41. The summed E-state index contributed by atoms with van der Waals surface area (Å²) in [6, 6.07) is 11.5. The van der Waals surface area contributed by atoms with Gasteiger partial charge < -0.3 is 9.47 Å². The third kappa shape index (κ3) is 3.88. The van der Waals surface area contributed by atoms with E-state index in [1.165, 1.54) is 5.57 Å². The van der Waals surface area contributed by atoms with Crippen LogP contribution in [-0.4, -0.2) is 49.0 Å². The zero-order valence-electron chi connectivity index (χ0n) is 15.6. The van der Waals surface area contributed by atoms with Gasteiger partial charge in [-0.15, -0.1) is 0 Å². The van der Waals surface area contributed by atoms with Gasteiger partial charge in [0, 0.05) is 30.8 Å². The number of piperidine rings is 1. The van der Waals surface area contributed by atoms with Crippen LogP contribution in [0.1, 0.15) is 28.9 Å². The van der Waals surface area contributed by atoms with Gasteiger partial charge in [0.25, 0.3) is 0 Å². The standard InChI is InChI=1S/C22H24N2O3/c1-26-20-9-4-6-17-12-16(15-27-22(17)20)13-24-11-5-7-18(14-24)21(25)19-8-2-3-10-23-19/h2-4,6,8-10,12,18H,5,7,11,13-15H2,1H3. The molecule has 27 heavy (non-hydrogen) atoms. The van der Waals surface area contributed by atoms with E-state index in [1.54, 1.807) is 13.3 Å². The Kier molecular flexibility index (Phi) is 5.21. The summed E-state index contributed by atoms with van der Waals surface area (Å²) in [5.41, 5.74) is 2.85. The first kappa shape index (κ1) is 17.7. The number of para-hydroxylation sites is 1. The van der Waals surface area contributed by atoms with Crippen molar-refractivity contribution in [1.82, 2.24) is 9.88 Å². The number of pyridine rings is 1. The molecule has 0 amide bonds. The second kappa shape index (κ2) is 7.92. The molecule has 3 heterocycles. The number of carbonyl (C=O) groups excluding carboxylic acids is 1. The summed E-state index contributed by atoms with van der Waals surface area (Å²) < 4.78 is 11.3. The Morgan fingerprint density at radius 3 is 3.04 bits per heavy atom. The largest absolute Gasteiger partial charge is 0.493 e. The average molecular weight is 364 g/mol. The lowest BCUT2D eigenvalue weighted by Crippen LogP contribution is -2.40. The highest BCUT2D eigenvalue weighted by atomic mass is 16.5. The summed E-state index contributed by atoms with van der Waals surface area (Å²) in [5, 5.41) is 0. The van der Waals surface area contributed by atoms with Crippen LogP contribution >= 0.6 is 0 Å². The molecule has 0 spiro atoms. The molecule has 5 heteroatoms. The fraction of sp³-hybridized carbons (Fsp3) is 0.364. The molecule has 2 aliphatic heterocycles. The summed E-state index contributed by atoms with van der Waals surface area (Å²) in [7, 11) is 1.66. The van der Waals surface area contributed by atoms with Crippen molar-refractivity contribution in [3.8, 4) is 11.5 Å². The maximum Gasteiger partial charge on any atom is 0.185 e. The fourth-order valence-corrected chi connectivity index (χ4v) is 3.90. The highest BCUT2D eigenvalue weighted by Crippen LogP contribution is 2.35. The van der Waals surface area contributed by atoms with Crippen LogP contribution in [0.15, 0.2) is 48.2 Å². The van der Waals surface area contributed by atoms with Crippen molar-refractivity contribution in [3.63, 3.8) is 0 Å². The number of hydrogen-bond donors (Lipinski definition) is 0. The zero-order chi connectivity index (χ0) is 18.6. The molecule has 0 aliphatic carbocycles. The first-order chi connectivity index (χ1) is 13.2. The summed E-state index contributed by atoms with van der Waals surface area (Å²) in [5.74, 6) is 1.75. The maximum atomic E-state index is 12.7. The minimum Gasteiger partial charge on any atom is -0.493 e. The molecule has 1 fully saturated rings. The normalized spacial score (nSPS) is 19.6. The van der Waals surface area contributed by atoms with E-state index in [4.69, 9.17) is 9.47 Å². The molecule has 0 N–H and O–H groups in total. The number of ether oxygens (including phenoxy) is 2. The Hall–Kier alpha value is -2.66. The van der Waals surface area contributed by atoms with Crippen molar-refractivity contribution in [2.75, 3.05) is 33.4 Å². The van der Waals surface area contributed by atoms with E-state index in [0.717, 1.165) is 49.5 Å². The molecule has 1 aromatic carbocycles. The number of benzene rings is 1. The average Bonchev–Trinajstić information content (AvgIpc) is 2.73. The molecule has 0 radical (unpaired) electrons. The van der Waals surface area contributed by atoms with Gasteiger partial charge in [0.1, 0.15) is 12.3 Å². The van der Waals surface area contributed by atoms with Crippen molar-refractivity contribution >= 4 is 11.9 Å². The van der Waals surface area contributed by atoms with E-state index in [9.17, 15) is 4.79 Å². The minimum atomic E-state index is 0.0196. The zero-order valence-corrected chi connectivity index (χ0v) is 15.6. The summed E-state index contributed by atoms with van der Waals surface area (Å²) in [4.78, 5) is 19.3. The van der Waals surface area contributed by atoms with E-state index < -0.39 is 0 Å². The van der Waals surface area contributed by atoms with Crippen LogP contribution in [-0.2, 0) is 0 Å². The van der Waals surface area contributed by atoms with Gasteiger partial charge in [0.2, 0.25) is 0 Å². The lowest BCUT2D eigenvalue weighted by atomic mass is 9.91. The molecule has 1 aromatic heterocycles. The number of Topliss-reactive ketones (excluding diaryl/α,β-unsaturated/α-hetero) is 1. The van der Waals surface area contributed by atoms with E-state index >= 15 is 0 Å². The molecule has 2 aliphatic rings. The molecular weight excluding hydrogens is 340 g/mol. The monoisotopic (exact) mass is 364 g/mol. The number of fused-ring (bicyclic) bond motifs is 1. The molecule has 0 saturated carbocycles. The van der Waals surface area contributed by atoms with Crippen molar-refractivity contribution in [3.05, 3.63) is 59.4 Å². The molecule has 2 aromatic rings. The molecule has 1 saturated heterocycles. The first-order valence-electron chi connectivity index (χ1n) is 9.41. The Morgan fingerprint density at radius 1 is 1.30 bits per heavy atom. The summed E-state index contributed by atoms with van der Waals surface area (Å²) >= 11 is 0. The van der Waals surface area contributed by atoms with Gasteiger partial charge in [-0.05, 0) is 49.2 Å². The molecule has 1 atom stereocenters. The van der Waals surface area contributed by atoms with Gasteiger partial charge in [-0.3, -0.25) is 14.7 Å². The number of ketones is 1. The van der Waals surface area contributed by atoms with Crippen LogP contribution in [0.25, 0.3) is 6.08 Å². The van der Waals surface area contributed by atoms with Crippen LogP contribution in [0.5, 0.6) is 11.5 Å². The number of likely N-dealkylation sites (tertiary alicyclic amines) is 1. The Morgan fingerprint density at radius 2 is 2.22 bits per heavy atom. The van der Waals surface area contributed by atoms with Gasteiger partial charge in [-0.1, -0.05) is 18.2 Å². The number of carbonyl (C=O) groups is 1. The number of hydrogen-bond acceptors (Lipinski definition) is 5. The highest BCUT2D eigenvalue weighted by molar-refractivity contribution is 5.96. The van der Waals surface area contributed by atoms with E-state index in [-0.39, 0.29) is 11.7 Å². The van der Waals surface area contributed by atoms with Crippen LogP contribution in [0.2, 0.25) is 0 Å². The smallest absolute Gasteiger partial charge is 0.185 e. The van der Waals surface area contributed by atoms with E-state index in [2.05, 4.69) is 16.0 Å². The predicted octanol–water partition coefficient (Wildman–Crippen LogP) is 3.46. The van der Waals surface area contributed by atoms with Crippen LogP contribution in [0, 0.1) is 5.92 Å². The van der Waals surface area contributed by atoms with E-state index in [0.29, 0.717) is 12.3 Å². The molecule has 4 rings (SSSR count). The number of rotatable bonds is 5. The fourth-order valence-electron chi connectivity index (χ4n) is 3.90. The van der Waals surface area contributed by atoms with E-state index in [1.807, 2.05) is 36.4 Å². The van der Waals surface area contributed by atoms with Crippen LogP contribution < -0.4 is 9.47 Å². The maximum absolute atomic E-state index is 12.7. The summed E-state index contributed by atoms with van der Waals surface area (Å²) in [6.45, 7) is 3.16. The third-order valence-electron chi connectivity index (χ3n) is 5.21. The van der Waals surface area contributed by atoms with Gasteiger partial charge in [0.15, 0.2) is 17.3 Å². The SMILES string of the molecule is COc1cccc2c1OCC(CN1CCCC(C(=O)c3ccccn3)C1)=C2. The molecule has 5 nitrogen and oxygen atoms in total. The summed E-state index contributed by atoms with van der Waals surface area (Å²) in [6.07, 6.45) is 5.83. The minimum absolute atomic E-state index is 0.0196. The van der Waals surface area contributed by atoms with Crippen molar-refractivity contribution in [1.29, 1.82) is 0 Å². The number of aromatic nitrogens is 1. The van der Waals surface area contributed by atoms with Gasteiger partial charge >= 0.3 is 0 Å². The lowest BCUT2D eigenvalue weighted by Gasteiger charge is -2.33. The predicted molar refractivity (Wildman–Crippen MR) is 104 cm³/mol. The Balaban J connectivity index is 1.44. The van der Waals surface area contributed by atoms with Gasteiger partial charge in [-0.25, -0.2) is 0 Å². The third-order valence-corrected chi connectivity index (χ3v) is 5.21. The molecule has 0 bridgehead atoms. The highest BCUT2D eigenvalue weighted by Gasteiger charge is 2.28. The van der Waals surface area contributed by atoms with Crippen molar-refractivity contribution in [2.45, 2.75) is 12.8 Å². The van der Waals surface area contributed by atoms with Crippen molar-refractivity contribution in [2.24, 2.45) is 5.92 Å². The quantitative estimate of drug-likeness (QED) is 0.761. The van der Waals surface area contributed by atoms with Crippen LogP contribution in [0.4, 0.5) is 0 Å². The second-order valence-corrected chi connectivity index (χ2v) is 7.12. The van der Waals surface area contributed by atoms with Crippen LogP contribution in [0.3, 0.4) is 0 Å². The second-order valence-electron chi connectivity index (χ2n) is 7.12. The molecule has 1 unspecified atom stereocenters. The number of nitrogens with zero attached hydrogens (tertiary/aromatic N) is 2. The Bertz CT molecular complexity index is 848.